The fourth-order valence-corrected chi connectivity index (χ4v) is 1.62. The molecule has 0 aliphatic carbocycles. The largest absolute Gasteiger partial charge is 0.506 e. The summed E-state index contributed by atoms with van der Waals surface area (Å²) >= 11 is 5.71. The van der Waals surface area contributed by atoms with Gasteiger partial charge in [0.2, 0.25) is 0 Å². The third kappa shape index (κ3) is 2.65. The number of pyridine rings is 1. The van der Waals surface area contributed by atoms with Gasteiger partial charge >= 0.3 is 0 Å². The first-order valence-corrected chi connectivity index (χ1v) is 5.27. The van der Waals surface area contributed by atoms with Crippen molar-refractivity contribution in [2.75, 3.05) is 0 Å². The summed E-state index contributed by atoms with van der Waals surface area (Å²) in [5.74, 6) is -0.572. The van der Waals surface area contributed by atoms with Crippen LogP contribution in [-0.4, -0.2) is 9.67 Å². The van der Waals surface area contributed by atoms with Gasteiger partial charge in [0, 0.05) is 12.3 Å². The number of hydrogen-bond donors (Lipinski definition) is 1. The van der Waals surface area contributed by atoms with E-state index in [-0.39, 0.29) is 28.7 Å². The standard InChI is InChI=1S/C12H9ClFNO2/c13-10-7-15(12(17)5-11(10)16)6-8-1-3-9(14)4-2-8/h1-5,7,16H,6H2. The number of hydrogen-bond acceptors (Lipinski definition) is 2. The highest BCUT2D eigenvalue weighted by atomic mass is 35.5. The summed E-state index contributed by atoms with van der Waals surface area (Å²) in [4.78, 5) is 11.5. The van der Waals surface area contributed by atoms with E-state index >= 15 is 0 Å². The molecule has 0 saturated heterocycles. The molecule has 0 saturated carbocycles. The molecule has 0 amide bonds. The summed E-state index contributed by atoms with van der Waals surface area (Å²) in [6, 6.07) is 6.86. The van der Waals surface area contributed by atoms with Crippen molar-refractivity contribution < 1.29 is 9.50 Å². The van der Waals surface area contributed by atoms with Crippen LogP contribution in [0.5, 0.6) is 5.75 Å². The van der Waals surface area contributed by atoms with E-state index in [9.17, 15) is 14.3 Å². The van der Waals surface area contributed by atoms with Gasteiger partial charge in [0.1, 0.15) is 11.6 Å². The van der Waals surface area contributed by atoms with Crippen molar-refractivity contribution in [2.45, 2.75) is 6.54 Å². The summed E-state index contributed by atoms with van der Waals surface area (Å²) in [6.45, 7) is 0.277. The first kappa shape index (κ1) is 11.7. The van der Waals surface area contributed by atoms with Gasteiger partial charge in [0.15, 0.2) is 0 Å². The monoisotopic (exact) mass is 253 g/mol. The molecule has 1 aromatic carbocycles. The van der Waals surface area contributed by atoms with Crippen LogP contribution in [0.15, 0.2) is 41.3 Å². The molecule has 1 aromatic heterocycles. The Balaban J connectivity index is 2.33. The minimum absolute atomic E-state index is 0.103. The Kier molecular flexibility index (Phi) is 3.15. The Morgan fingerprint density at radius 1 is 1.29 bits per heavy atom. The predicted octanol–water partition coefficient (Wildman–Crippen LogP) is 2.39. The predicted molar refractivity (Wildman–Crippen MR) is 62.9 cm³/mol. The van der Waals surface area contributed by atoms with Crippen molar-refractivity contribution in [2.24, 2.45) is 0 Å². The van der Waals surface area contributed by atoms with Gasteiger partial charge in [-0.05, 0) is 17.7 Å². The van der Waals surface area contributed by atoms with Gasteiger partial charge < -0.3 is 9.67 Å². The van der Waals surface area contributed by atoms with Crippen molar-refractivity contribution in [1.82, 2.24) is 4.57 Å². The van der Waals surface area contributed by atoms with Gasteiger partial charge in [-0.25, -0.2) is 4.39 Å². The molecule has 0 spiro atoms. The lowest BCUT2D eigenvalue weighted by molar-refractivity contribution is 0.471. The molecular weight excluding hydrogens is 245 g/mol. The fourth-order valence-electron chi connectivity index (χ4n) is 1.45. The van der Waals surface area contributed by atoms with Crippen LogP contribution in [0.3, 0.4) is 0 Å². The Labute approximate surface area is 102 Å². The summed E-state index contributed by atoms with van der Waals surface area (Å²) in [7, 11) is 0. The van der Waals surface area contributed by atoms with Crippen LogP contribution in [-0.2, 0) is 6.54 Å². The van der Waals surface area contributed by atoms with Crippen LogP contribution < -0.4 is 5.56 Å². The molecule has 5 heteroatoms. The van der Waals surface area contributed by atoms with Gasteiger partial charge in [0.05, 0.1) is 11.6 Å². The van der Waals surface area contributed by atoms with E-state index in [2.05, 4.69) is 0 Å². The third-order valence-corrected chi connectivity index (χ3v) is 2.61. The Hall–Kier alpha value is -1.81. The highest BCUT2D eigenvalue weighted by Gasteiger charge is 2.04. The van der Waals surface area contributed by atoms with E-state index in [0.29, 0.717) is 0 Å². The molecule has 1 N–H and O–H groups in total. The first-order valence-electron chi connectivity index (χ1n) is 4.89. The molecule has 0 radical (unpaired) electrons. The summed E-state index contributed by atoms with van der Waals surface area (Å²) in [5.41, 5.74) is 0.409. The number of rotatable bonds is 2. The molecule has 0 atom stereocenters. The zero-order chi connectivity index (χ0) is 12.4. The molecule has 0 fully saturated rings. The van der Waals surface area contributed by atoms with Crippen molar-refractivity contribution in [3.8, 4) is 5.75 Å². The highest BCUT2D eigenvalue weighted by molar-refractivity contribution is 6.31. The molecule has 1 heterocycles. The third-order valence-electron chi connectivity index (χ3n) is 2.32. The second kappa shape index (κ2) is 4.59. The van der Waals surface area contributed by atoms with Crippen LogP contribution >= 0.6 is 11.6 Å². The fraction of sp³-hybridized carbons (Fsp3) is 0.0833. The molecular formula is C12H9ClFNO2. The smallest absolute Gasteiger partial charge is 0.254 e. The second-order valence-corrected chi connectivity index (χ2v) is 4.01. The number of benzene rings is 1. The number of aromatic hydroxyl groups is 1. The maximum Gasteiger partial charge on any atom is 0.254 e. The lowest BCUT2D eigenvalue weighted by Gasteiger charge is -2.07. The molecule has 2 aromatic rings. The van der Waals surface area contributed by atoms with Crippen molar-refractivity contribution >= 4 is 11.6 Å². The molecule has 17 heavy (non-hydrogen) atoms. The van der Waals surface area contributed by atoms with Crippen molar-refractivity contribution in [3.05, 3.63) is 63.3 Å². The Morgan fingerprint density at radius 2 is 1.94 bits per heavy atom. The normalized spacial score (nSPS) is 10.5. The van der Waals surface area contributed by atoms with Gasteiger partial charge in [-0.15, -0.1) is 0 Å². The highest BCUT2D eigenvalue weighted by Crippen LogP contribution is 2.19. The molecule has 2 rings (SSSR count). The quantitative estimate of drug-likeness (QED) is 0.893. The lowest BCUT2D eigenvalue weighted by Crippen LogP contribution is -2.18. The van der Waals surface area contributed by atoms with Gasteiger partial charge in [-0.2, -0.15) is 0 Å². The van der Waals surface area contributed by atoms with Gasteiger partial charge in [0.25, 0.3) is 5.56 Å². The minimum atomic E-state index is -0.365. The number of nitrogens with zero attached hydrogens (tertiary/aromatic N) is 1. The second-order valence-electron chi connectivity index (χ2n) is 3.60. The summed E-state index contributed by atoms with van der Waals surface area (Å²) in [5, 5.41) is 9.34. The molecule has 0 bridgehead atoms. The van der Waals surface area contributed by atoms with Crippen LogP contribution in [0.2, 0.25) is 5.02 Å². The van der Waals surface area contributed by atoms with Crippen molar-refractivity contribution in [3.63, 3.8) is 0 Å². The van der Waals surface area contributed by atoms with Crippen LogP contribution in [0.1, 0.15) is 5.56 Å². The average molecular weight is 254 g/mol. The topological polar surface area (TPSA) is 42.2 Å². The van der Waals surface area contributed by atoms with E-state index in [1.165, 1.54) is 22.9 Å². The molecule has 88 valence electrons. The summed E-state index contributed by atoms with van der Waals surface area (Å²) in [6.07, 6.45) is 1.35. The molecule has 0 unspecified atom stereocenters. The Bertz CT molecular complexity index is 592. The maximum atomic E-state index is 12.7. The number of halogens is 2. The summed E-state index contributed by atoms with van der Waals surface area (Å²) < 4.78 is 14.0. The molecule has 3 nitrogen and oxygen atoms in total. The zero-order valence-corrected chi connectivity index (χ0v) is 9.49. The molecule has 0 aliphatic heterocycles. The van der Waals surface area contributed by atoms with Gasteiger partial charge in [-0.1, -0.05) is 23.7 Å². The Morgan fingerprint density at radius 3 is 2.59 bits per heavy atom. The van der Waals surface area contributed by atoms with E-state index in [0.717, 1.165) is 11.6 Å². The van der Waals surface area contributed by atoms with E-state index < -0.39 is 0 Å². The van der Waals surface area contributed by atoms with E-state index in [1.54, 1.807) is 12.1 Å². The average Bonchev–Trinajstić information content (AvgIpc) is 2.29. The van der Waals surface area contributed by atoms with Crippen molar-refractivity contribution in [1.29, 1.82) is 0 Å². The lowest BCUT2D eigenvalue weighted by atomic mass is 10.2. The van der Waals surface area contributed by atoms with Crippen LogP contribution in [0.25, 0.3) is 0 Å². The van der Waals surface area contributed by atoms with Crippen LogP contribution in [0.4, 0.5) is 4.39 Å². The molecule has 0 aliphatic rings. The zero-order valence-electron chi connectivity index (χ0n) is 8.73. The maximum absolute atomic E-state index is 12.7. The van der Waals surface area contributed by atoms with Crippen LogP contribution in [0, 0.1) is 5.82 Å². The SMILES string of the molecule is O=c1cc(O)c(Cl)cn1Cc1ccc(F)cc1. The van der Waals surface area contributed by atoms with Gasteiger partial charge in [-0.3, -0.25) is 4.79 Å². The van der Waals surface area contributed by atoms with E-state index in [4.69, 9.17) is 11.6 Å². The van der Waals surface area contributed by atoms with E-state index in [1.807, 2.05) is 0 Å². The minimum Gasteiger partial charge on any atom is -0.506 e. The first-order chi connectivity index (χ1) is 8.06. The number of aromatic nitrogens is 1.